The van der Waals surface area contributed by atoms with E-state index in [1.807, 2.05) is 42.5 Å². The molecular formula is C28H21N2O9S4+. The van der Waals surface area contributed by atoms with Crippen LogP contribution in [0.15, 0.2) is 69.9 Å². The molecule has 0 spiro atoms. The highest BCUT2D eigenvalue weighted by atomic mass is 32.2. The zero-order valence-electron chi connectivity index (χ0n) is 21.9. The van der Waals surface area contributed by atoms with Crippen molar-refractivity contribution in [1.29, 1.82) is 0 Å². The van der Waals surface area contributed by atoms with Crippen LogP contribution in [-0.4, -0.2) is 47.7 Å². The molecule has 5 aromatic rings. The molecule has 1 aliphatic rings. The summed E-state index contributed by atoms with van der Waals surface area (Å²) in [5, 5.41) is 1.06. The van der Waals surface area contributed by atoms with E-state index in [2.05, 4.69) is 4.98 Å². The van der Waals surface area contributed by atoms with Crippen LogP contribution in [-0.2, 0) is 31.5 Å². The quantitative estimate of drug-likeness (QED) is 0.134. The number of carbonyl (C=O) groups is 1. The number of fused-ring (bicyclic) bond motifs is 3. The van der Waals surface area contributed by atoms with Crippen LogP contribution in [0.4, 0.5) is 0 Å². The molecular weight excluding hydrogens is 637 g/mol. The first-order valence-electron chi connectivity index (χ1n) is 12.6. The van der Waals surface area contributed by atoms with Crippen molar-refractivity contribution in [3.05, 3.63) is 86.7 Å². The summed E-state index contributed by atoms with van der Waals surface area (Å²) in [5.41, 5.74) is 0.370. The van der Waals surface area contributed by atoms with Gasteiger partial charge in [0, 0.05) is 23.8 Å². The van der Waals surface area contributed by atoms with Gasteiger partial charge in [0.25, 0.3) is 15.1 Å². The number of ketones is 1. The van der Waals surface area contributed by atoms with Gasteiger partial charge in [-0.3, -0.25) is 18.5 Å². The molecule has 3 heterocycles. The Morgan fingerprint density at radius 3 is 2.37 bits per heavy atom. The first-order chi connectivity index (χ1) is 20.4. The Kier molecular flexibility index (Phi) is 7.50. The average molecular weight is 658 g/mol. The van der Waals surface area contributed by atoms with Crippen molar-refractivity contribution in [2.75, 3.05) is 5.75 Å². The number of aryl methyl sites for hydroxylation is 1. The molecule has 0 amide bonds. The van der Waals surface area contributed by atoms with Gasteiger partial charge in [0.15, 0.2) is 6.54 Å². The molecule has 11 nitrogen and oxygen atoms in total. The average Bonchev–Trinajstić information content (AvgIpc) is 3.52. The fourth-order valence-electron chi connectivity index (χ4n) is 4.70. The Labute approximate surface area is 251 Å². The van der Waals surface area contributed by atoms with Crippen LogP contribution in [0.3, 0.4) is 0 Å². The monoisotopic (exact) mass is 657 g/mol. The third-order valence-corrected chi connectivity index (χ3v) is 10.5. The Bertz CT molecular complexity index is 2390. The summed E-state index contributed by atoms with van der Waals surface area (Å²) in [4.78, 5) is 30.2. The van der Waals surface area contributed by atoms with E-state index in [9.17, 15) is 31.3 Å². The van der Waals surface area contributed by atoms with E-state index >= 15 is 0 Å². The van der Waals surface area contributed by atoms with Gasteiger partial charge in [-0.15, -0.1) is 11.3 Å². The largest absolute Gasteiger partial charge is 0.421 e. The molecule has 15 heteroatoms. The van der Waals surface area contributed by atoms with Crippen LogP contribution >= 0.6 is 22.7 Å². The lowest BCUT2D eigenvalue weighted by atomic mass is 10.0. The lowest BCUT2D eigenvalue weighted by Gasteiger charge is -2.10. The molecule has 0 fully saturated rings. The molecule has 0 aliphatic heterocycles. The summed E-state index contributed by atoms with van der Waals surface area (Å²) in [6.07, 6.45) is 3.99. The van der Waals surface area contributed by atoms with Gasteiger partial charge in [-0.25, -0.2) is 14.0 Å². The first-order valence-corrected chi connectivity index (χ1v) is 17.3. The summed E-state index contributed by atoms with van der Waals surface area (Å²) < 4.78 is 73.1. The molecule has 0 saturated carbocycles. The van der Waals surface area contributed by atoms with E-state index in [1.54, 1.807) is 10.6 Å². The van der Waals surface area contributed by atoms with E-state index in [0.717, 1.165) is 21.0 Å². The lowest BCUT2D eigenvalue weighted by Crippen LogP contribution is -2.41. The maximum absolute atomic E-state index is 13.4. The van der Waals surface area contributed by atoms with E-state index in [1.165, 1.54) is 40.9 Å². The van der Waals surface area contributed by atoms with E-state index in [4.69, 9.17) is 8.97 Å². The highest BCUT2D eigenvalue weighted by molar-refractivity contribution is 7.94. The summed E-state index contributed by atoms with van der Waals surface area (Å²) in [5.74, 6) is -1.46. The molecule has 6 rings (SSSR count). The molecule has 0 bridgehead atoms. The molecule has 1 aliphatic carbocycles. The normalized spacial score (nSPS) is 14.2. The fraction of sp³-hybridized carbons (Fsp3) is 0.107. The van der Waals surface area contributed by atoms with Gasteiger partial charge >= 0.3 is 5.63 Å². The number of thiazole rings is 2. The highest BCUT2D eigenvalue weighted by Gasteiger charge is 2.27. The van der Waals surface area contributed by atoms with Crippen LogP contribution in [0.5, 0.6) is 0 Å². The number of benzene rings is 2. The number of allylic oxidation sites excluding steroid dienone is 1. The van der Waals surface area contributed by atoms with Crippen LogP contribution < -0.4 is 20.8 Å². The maximum Gasteiger partial charge on any atom is 0.346 e. The minimum Gasteiger partial charge on any atom is -0.421 e. The van der Waals surface area contributed by atoms with E-state index in [0.29, 0.717) is 15.5 Å². The van der Waals surface area contributed by atoms with Crippen LogP contribution in [0.2, 0.25) is 0 Å². The molecule has 0 atom stereocenters. The summed E-state index contributed by atoms with van der Waals surface area (Å²) in [7, 11) is -8.88. The Hall–Kier alpha value is -3.83. The predicted octanol–water partition coefficient (Wildman–Crippen LogP) is 2.33. The van der Waals surface area contributed by atoms with Crippen molar-refractivity contribution in [1.82, 2.24) is 4.98 Å². The number of hydrogen-bond donors (Lipinski definition) is 3. The van der Waals surface area contributed by atoms with Crippen molar-refractivity contribution in [3.8, 4) is 10.6 Å². The van der Waals surface area contributed by atoms with Gasteiger partial charge in [-0.2, -0.15) is 13.0 Å². The van der Waals surface area contributed by atoms with E-state index < -0.39 is 42.2 Å². The van der Waals surface area contributed by atoms with Crippen molar-refractivity contribution in [2.24, 2.45) is 0 Å². The highest BCUT2D eigenvalue weighted by Crippen LogP contribution is 2.28. The zero-order valence-corrected chi connectivity index (χ0v) is 25.1. The lowest BCUT2D eigenvalue weighted by molar-refractivity contribution is -0.668. The molecule has 0 unspecified atom stereocenters. The number of hydrogen-bond acceptors (Lipinski definition) is 9. The minimum atomic E-state index is -4.71. The van der Waals surface area contributed by atoms with Gasteiger partial charge < -0.3 is 4.42 Å². The van der Waals surface area contributed by atoms with Gasteiger partial charge in [0.1, 0.15) is 20.0 Å². The summed E-state index contributed by atoms with van der Waals surface area (Å²) >= 11 is 2.59. The number of rotatable bonds is 7. The van der Waals surface area contributed by atoms with Gasteiger partial charge in [0.05, 0.1) is 27.1 Å². The van der Waals surface area contributed by atoms with Crippen molar-refractivity contribution in [3.63, 3.8) is 0 Å². The summed E-state index contributed by atoms with van der Waals surface area (Å²) in [6, 6.07) is 16.0. The number of Topliss-reactive ketones (excluding diaryl/α,β-unsaturated/α-hetero) is 1. The van der Waals surface area contributed by atoms with Gasteiger partial charge in [-0.1, -0.05) is 35.6 Å². The second-order valence-electron chi connectivity index (χ2n) is 9.50. The molecule has 0 saturated heterocycles. The molecule has 43 heavy (non-hydrogen) atoms. The smallest absolute Gasteiger partial charge is 0.346 e. The number of carbonyl (C=O) groups excluding carboxylic acids is 1. The minimum absolute atomic E-state index is 0.0804. The van der Waals surface area contributed by atoms with Crippen molar-refractivity contribution >= 4 is 91.7 Å². The fourth-order valence-corrected chi connectivity index (χ4v) is 7.89. The number of aromatic nitrogens is 2. The van der Waals surface area contributed by atoms with Gasteiger partial charge in [0.2, 0.25) is 21.4 Å². The second kappa shape index (κ2) is 11.0. The number of para-hydroxylation sites is 2. The van der Waals surface area contributed by atoms with E-state index in [-0.39, 0.29) is 34.7 Å². The maximum atomic E-state index is 13.4. The standard InChI is InChI=1S/C28H20N2O9S4/c31-25-17(10-11-24-30(12-5-13-42(33,34)35)20-7-2-4-9-22(20)40-24)26-16(15-23(25)43(36,37)38)14-18(28(32)39-26)27-29-19-6-1-3-8-21(19)41-27/h1-4,6-11,14-15H,5,12-13H2,(H2,33,34,35,36,37,38)/p+1. The molecule has 0 radical (unpaired) electrons. The second-order valence-corrected chi connectivity index (χ2v) is 14.6. The van der Waals surface area contributed by atoms with Gasteiger partial charge in [-0.05, 0) is 36.4 Å². The van der Waals surface area contributed by atoms with Crippen molar-refractivity contribution < 1.29 is 40.1 Å². The first kappa shape index (κ1) is 29.3. The molecule has 3 aromatic heterocycles. The SMILES string of the molecule is O=C1C(C=Cc2sc3ccccc3[n+]2CCCS(=O)(=O)O)=c2oc(=O)c(-c3nc4ccccc4s3)cc2=CC1=S(=O)(O)O. The van der Waals surface area contributed by atoms with Crippen LogP contribution in [0.25, 0.3) is 48.7 Å². The van der Waals surface area contributed by atoms with Crippen molar-refractivity contribution in [2.45, 2.75) is 13.0 Å². The third-order valence-electron chi connectivity index (χ3n) is 6.60. The molecule has 2 aromatic carbocycles. The Morgan fingerprint density at radius 1 is 0.930 bits per heavy atom. The Balaban J connectivity index is 1.52. The zero-order chi connectivity index (χ0) is 30.5. The third kappa shape index (κ3) is 5.88. The van der Waals surface area contributed by atoms with Crippen LogP contribution in [0.1, 0.15) is 11.4 Å². The molecule has 220 valence electrons. The Morgan fingerprint density at radius 2 is 1.65 bits per heavy atom. The number of nitrogens with zero attached hydrogens (tertiary/aromatic N) is 2. The van der Waals surface area contributed by atoms with Crippen LogP contribution in [0, 0.1) is 0 Å². The topological polar surface area (TPSA) is 176 Å². The molecule has 3 N–H and O–H groups in total. The summed E-state index contributed by atoms with van der Waals surface area (Å²) in [6.45, 7) is 0.218. The predicted molar refractivity (Wildman–Crippen MR) is 166 cm³/mol.